The van der Waals surface area contributed by atoms with Crippen molar-refractivity contribution in [3.05, 3.63) is 24.3 Å². The number of benzene rings is 1. The number of hydrogen-bond acceptors (Lipinski definition) is 7. The van der Waals surface area contributed by atoms with Gasteiger partial charge in [-0.3, -0.25) is 14.4 Å². The summed E-state index contributed by atoms with van der Waals surface area (Å²) >= 11 is 3.60. The van der Waals surface area contributed by atoms with Crippen molar-refractivity contribution < 1.29 is 33.7 Å². The Morgan fingerprint density at radius 3 is 2.61 bits per heavy atom. The van der Waals surface area contributed by atoms with Crippen LogP contribution in [0.15, 0.2) is 24.3 Å². The van der Waals surface area contributed by atoms with Gasteiger partial charge in [0.15, 0.2) is 0 Å². The Morgan fingerprint density at radius 1 is 1.33 bits per heavy atom. The number of hydrogen-bond donors (Lipinski definition) is 2. The minimum Gasteiger partial charge on any atom is -0.497 e. The van der Waals surface area contributed by atoms with Crippen LogP contribution in [-0.4, -0.2) is 76.7 Å². The first-order valence-corrected chi connectivity index (χ1v) is 12.1. The topological polar surface area (TPSA) is 114 Å². The lowest BCUT2D eigenvalue weighted by Gasteiger charge is -2.36. The molecule has 2 bridgehead atoms. The summed E-state index contributed by atoms with van der Waals surface area (Å²) in [6.07, 6.45) is 0.275. The fourth-order valence-electron chi connectivity index (χ4n) is 5.57. The molecule has 3 fully saturated rings. The highest BCUT2D eigenvalue weighted by molar-refractivity contribution is 9.09. The quantitative estimate of drug-likeness (QED) is 0.393. The Labute approximate surface area is 200 Å². The summed E-state index contributed by atoms with van der Waals surface area (Å²) < 4.78 is 16.8. The average Bonchev–Trinajstić information content (AvgIpc) is 3.39. The Bertz CT molecular complexity index is 922. The smallest absolute Gasteiger partial charge is 0.312 e. The molecular weight excluding hydrogens is 496 g/mol. The average molecular weight is 525 g/mol. The Hall–Kier alpha value is -2.17. The van der Waals surface area contributed by atoms with Gasteiger partial charge in [0.25, 0.3) is 0 Å². The number of nitrogens with zero attached hydrogens (tertiary/aromatic N) is 1. The number of methoxy groups -OCH3 is 1. The van der Waals surface area contributed by atoms with Crippen LogP contribution in [0.3, 0.4) is 0 Å². The molecular formula is C23H29BrN2O7. The number of nitrogens with one attached hydrogen (secondary N) is 1. The predicted octanol–water partition coefficient (Wildman–Crippen LogP) is 1.72. The van der Waals surface area contributed by atoms with Crippen LogP contribution in [0, 0.1) is 11.8 Å². The summed E-state index contributed by atoms with van der Waals surface area (Å²) in [5.74, 6) is -2.29. The lowest BCUT2D eigenvalue weighted by molar-refractivity contribution is -0.155. The maximum atomic E-state index is 13.7. The highest BCUT2D eigenvalue weighted by atomic mass is 79.9. The molecule has 1 spiro atoms. The first-order valence-electron chi connectivity index (χ1n) is 11.2. The Balaban J connectivity index is 1.73. The third-order valence-electron chi connectivity index (χ3n) is 6.97. The SMILES string of the molecule is CCOC(=O)[C@H]1[C@H]2C(=O)N([C@@H](CC)CO)C(C(=O)Nc3ccc(OC)cc3)C23CC(Br)[C@@H]1O3. The number of likely N-dealkylation sites (tertiary alicyclic amines) is 1. The molecule has 0 saturated carbocycles. The first kappa shape index (κ1) is 24.0. The molecule has 33 heavy (non-hydrogen) atoms. The maximum absolute atomic E-state index is 13.7. The van der Waals surface area contributed by atoms with Crippen molar-refractivity contribution in [2.24, 2.45) is 11.8 Å². The number of carbonyl (C=O) groups is 3. The van der Waals surface area contributed by atoms with Crippen molar-refractivity contribution >= 4 is 39.4 Å². The molecule has 3 saturated heterocycles. The van der Waals surface area contributed by atoms with E-state index in [4.69, 9.17) is 14.2 Å². The van der Waals surface area contributed by atoms with Crippen LogP contribution in [0.5, 0.6) is 5.75 Å². The fourth-order valence-corrected chi connectivity index (χ4v) is 6.51. The minimum atomic E-state index is -1.19. The van der Waals surface area contributed by atoms with E-state index in [0.717, 1.165) is 0 Å². The molecule has 0 aromatic heterocycles. The molecule has 3 heterocycles. The predicted molar refractivity (Wildman–Crippen MR) is 122 cm³/mol. The minimum absolute atomic E-state index is 0.183. The van der Waals surface area contributed by atoms with Crippen molar-refractivity contribution in [1.29, 1.82) is 0 Å². The normalized spacial score (nSPS) is 33.1. The van der Waals surface area contributed by atoms with E-state index in [2.05, 4.69) is 21.2 Å². The molecule has 0 aliphatic carbocycles. The molecule has 180 valence electrons. The molecule has 9 nitrogen and oxygen atoms in total. The molecule has 1 aromatic carbocycles. The zero-order valence-electron chi connectivity index (χ0n) is 18.8. The second-order valence-electron chi connectivity index (χ2n) is 8.62. The van der Waals surface area contributed by atoms with Gasteiger partial charge in [0.1, 0.15) is 17.4 Å². The van der Waals surface area contributed by atoms with Crippen molar-refractivity contribution in [1.82, 2.24) is 4.90 Å². The van der Waals surface area contributed by atoms with Gasteiger partial charge in [0.2, 0.25) is 11.8 Å². The van der Waals surface area contributed by atoms with Gasteiger partial charge in [-0.2, -0.15) is 0 Å². The van der Waals surface area contributed by atoms with Gasteiger partial charge >= 0.3 is 5.97 Å². The molecule has 10 heteroatoms. The van der Waals surface area contributed by atoms with E-state index in [-0.39, 0.29) is 23.9 Å². The number of anilines is 1. The summed E-state index contributed by atoms with van der Waals surface area (Å²) in [6.45, 7) is 3.43. The molecule has 3 unspecified atom stereocenters. The molecule has 0 radical (unpaired) electrons. The van der Waals surface area contributed by atoms with E-state index in [9.17, 15) is 19.5 Å². The zero-order chi connectivity index (χ0) is 23.9. The third-order valence-corrected chi connectivity index (χ3v) is 7.81. The van der Waals surface area contributed by atoms with Gasteiger partial charge in [-0.1, -0.05) is 22.9 Å². The van der Waals surface area contributed by atoms with Crippen LogP contribution >= 0.6 is 15.9 Å². The number of fused-ring (bicyclic) bond motifs is 1. The van der Waals surface area contributed by atoms with Gasteiger partial charge in [0.05, 0.1) is 44.3 Å². The monoisotopic (exact) mass is 524 g/mol. The second kappa shape index (κ2) is 9.23. The maximum Gasteiger partial charge on any atom is 0.312 e. The number of rotatable bonds is 8. The summed E-state index contributed by atoms with van der Waals surface area (Å²) in [4.78, 5) is 41.5. The number of carbonyl (C=O) groups excluding carboxylic acids is 3. The van der Waals surface area contributed by atoms with Gasteiger partial charge < -0.3 is 29.5 Å². The molecule has 3 aliphatic rings. The lowest BCUT2D eigenvalue weighted by atomic mass is 9.70. The van der Waals surface area contributed by atoms with Crippen LogP contribution in [0.25, 0.3) is 0 Å². The van der Waals surface area contributed by atoms with E-state index in [0.29, 0.717) is 24.3 Å². The van der Waals surface area contributed by atoms with Crippen molar-refractivity contribution in [3.63, 3.8) is 0 Å². The third kappa shape index (κ3) is 3.72. The molecule has 2 N–H and O–H groups in total. The second-order valence-corrected chi connectivity index (χ2v) is 9.80. The summed E-state index contributed by atoms with van der Waals surface area (Å²) in [5, 5.41) is 12.9. The van der Waals surface area contributed by atoms with E-state index in [1.165, 1.54) is 4.90 Å². The summed E-state index contributed by atoms with van der Waals surface area (Å²) in [6, 6.07) is 5.28. The van der Waals surface area contributed by atoms with Crippen molar-refractivity contribution in [2.75, 3.05) is 25.6 Å². The van der Waals surface area contributed by atoms with Crippen LogP contribution in [0.2, 0.25) is 0 Å². The molecule has 2 amide bonds. The van der Waals surface area contributed by atoms with Gasteiger partial charge in [0, 0.05) is 10.5 Å². The van der Waals surface area contributed by atoms with E-state index in [1.54, 1.807) is 38.3 Å². The highest BCUT2D eigenvalue weighted by Gasteiger charge is 2.77. The standard InChI is InChI=1S/C23H29BrN2O7/c1-4-13(11-27)26-19(20(28)25-12-6-8-14(31-3)9-7-12)23-10-15(24)18(33-23)16(17(23)21(26)29)22(30)32-5-2/h6-9,13,15-19,27H,4-5,10-11H2,1-3H3,(H,25,28)/t13-,15?,16-,17-,18-,19?,23?/m0/s1. The number of esters is 1. The van der Waals surface area contributed by atoms with E-state index < -0.39 is 47.5 Å². The van der Waals surface area contributed by atoms with Crippen LogP contribution in [-0.2, 0) is 23.9 Å². The van der Waals surface area contributed by atoms with Gasteiger partial charge in [-0.25, -0.2) is 0 Å². The number of aliphatic hydroxyl groups excluding tert-OH is 1. The molecule has 1 aromatic rings. The first-order chi connectivity index (χ1) is 15.8. The van der Waals surface area contributed by atoms with Crippen molar-refractivity contribution in [2.45, 2.75) is 55.3 Å². The zero-order valence-corrected chi connectivity index (χ0v) is 20.4. The number of halogens is 1. The molecule has 3 aliphatic heterocycles. The summed E-state index contributed by atoms with van der Waals surface area (Å²) in [7, 11) is 1.55. The number of ether oxygens (including phenoxy) is 3. The number of aliphatic hydroxyl groups is 1. The molecule has 7 atom stereocenters. The largest absolute Gasteiger partial charge is 0.497 e. The highest BCUT2D eigenvalue weighted by Crippen LogP contribution is 2.60. The van der Waals surface area contributed by atoms with Crippen LogP contribution < -0.4 is 10.1 Å². The van der Waals surface area contributed by atoms with Crippen molar-refractivity contribution in [3.8, 4) is 5.75 Å². The number of amides is 2. The summed E-state index contributed by atoms with van der Waals surface area (Å²) in [5.41, 5.74) is -0.651. The van der Waals surface area contributed by atoms with Crippen LogP contribution in [0.4, 0.5) is 5.69 Å². The Kier molecular flexibility index (Phi) is 6.70. The van der Waals surface area contributed by atoms with Gasteiger partial charge in [-0.15, -0.1) is 0 Å². The number of alkyl halides is 1. The Morgan fingerprint density at radius 2 is 2.03 bits per heavy atom. The lowest BCUT2D eigenvalue weighted by Crippen LogP contribution is -2.56. The molecule has 4 rings (SSSR count). The van der Waals surface area contributed by atoms with Gasteiger partial charge in [-0.05, 0) is 44.0 Å². The van der Waals surface area contributed by atoms with Crippen LogP contribution in [0.1, 0.15) is 26.7 Å². The van der Waals surface area contributed by atoms with E-state index >= 15 is 0 Å². The fraction of sp³-hybridized carbons (Fsp3) is 0.609. The van der Waals surface area contributed by atoms with E-state index in [1.807, 2.05) is 6.92 Å².